The zero-order valence-electron chi connectivity index (χ0n) is 10.8. The molecular formula is C13H17FN4S. The molecule has 0 spiro atoms. The minimum atomic E-state index is -0.219. The van der Waals surface area contributed by atoms with Gasteiger partial charge >= 0.3 is 0 Å². The van der Waals surface area contributed by atoms with Gasteiger partial charge in [0.2, 0.25) is 5.13 Å². The van der Waals surface area contributed by atoms with Crippen molar-refractivity contribution in [3.63, 3.8) is 0 Å². The van der Waals surface area contributed by atoms with E-state index in [0.717, 1.165) is 18.1 Å². The van der Waals surface area contributed by atoms with Crippen LogP contribution in [-0.4, -0.2) is 21.9 Å². The molecule has 1 aromatic carbocycles. The minimum Gasteiger partial charge on any atom is -0.360 e. The molecule has 0 aliphatic carbocycles. The van der Waals surface area contributed by atoms with Gasteiger partial charge in [0.25, 0.3) is 0 Å². The first kappa shape index (κ1) is 13.9. The monoisotopic (exact) mass is 280 g/mol. The zero-order valence-corrected chi connectivity index (χ0v) is 11.6. The lowest BCUT2D eigenvalue weighted by molar-refractivity contribution is 0.612. The van der Waals surface area contributed by atoms with E-state index in [4.69, 9.17) is 5.73 Å². The van der Waals surface area contributed by atoms with E-state index in [-0.39, 0.29) is 11.9 Å². The van der Waals surface area contributed by atoms with Crippen molar-refractivity contribution in [3.05, 3.63) is 41.5 Å². The first-order valence-corrected chi connectivity index (χ1v) is 6.98. The van der Waals surface area contributed by atoms with Crippen LogP contribution in [0.5, 0.6) is 0 Å². The number of hydrogen-bond donors (Lipinski definition) is 2. The molecule has 2 aromatic rings. The first-order valence-electron chi connectivity index (χ1n) is 6.20. The highest BCUT2D eigenvalue weighted by Crippen LogP contribution is 2.15. The lowest BCUT2D eigenvalue weighted by atomic mass is 10.1. The third-order valence-electron chi connectivity index (χ3n) is 2.65. The molecule has 0 amide bonds. The summed E-state index contributed by atoms with van der Waals surface area (Å²) in [4.78, 5) is 4.33. The second-order valence-electron chi connectivity index (χ2n) is 4.48. The molecule has 102 valence electrons. The van der Waals surface area contributed by atoms with Gasteiger partial charge in [-0.15, -0.1) is 0 Å². The fourth-order valence-electron chi connectivity index (χ4n) is 1.62. The molecule has 0 fully saturated rings. The van der Waals surface area contributed by atoms with Crippen LogP contribution in [0.25, 0.3) is 0 Å². The van der Waals surface area contributed by atoms with E-state index in [2.05, 4.69) is 14.7 Å². The number of benzene rings is 1. The molecule has 0 aliphatic heterocycles. The molecule has 3 N–H and O–H groups in total. The summed E-state index contributed by atoms with van der Waals surface area (Å²) in [6, 6.07) is 6.85. The van der Waals surface area contributed by atoms with Gasteiger partial charge in [0.15, 0.2) is 0 Å². The van der Waals surface area contributed by atoms with Gasteiger partial charge in [0.05, 0.1) is 0 Å². The molecule has 19 heavy (non-hydrogen) atoms. The number of nitrogens with one attached hydrogen (secondary N) is 1. The minimum absolute atomic E-state index is 0.165. The van der Waals surface area contributed by atoms with Crippen LogP contribution in [0.2, 0.25) is 0 Å². The van der Waals surface area contributed by atoms with Crippen molar-refractivity contribution in [3.8, 4) is 0 Å². The van der Waals surface area contributed by atoms with Crippen molar-refractivity contribution in [1.29, 1.82) is 0 Å². The molecule has 0 aliphatic rings. The molecular weight excluding hydrogens is 263 g/mol. The van der Waals surface area contributed by atoms with Gasteiger partial charge in [-0.05, 0) is 25.0 Å². The molecule has 0 bridgehead atoms. The number of nitrogens with two attached hydrogens (primary N) is 1. The Bertz CT molecular complexity index is 527. The lowest BCUT2D eigenvalue weighted by Crippen LogP contribution is -2.19. The van der Waals surface area contributed by atoms with E-state index >= 15 is 0 Å². The van der Waals surface area contributed by atoms with Gasteiger partial charge in [0, 0.05) is 30.5 Å². The number of anilines is 1. The van der Waals surface area contributed by atoms with Crippen LogP contribution in [0.1, 0.15) is 24.7 Å². The quantitative estimate of drug-likeness (QED) is 0.853. The van der Waals surface area contributed by atoms with Gasteiger partial charge in [0.1, 0.15) is 11.6 Å². The van der Waals surface area contributed by atoms with E-state index in [1.807, 2.05) is 13.0 Å². The molecule has 1 aromatic heterocycles. The Hall–Kier alpha value is -1.53. The highest BCUT2D eigenvalue weighted by molar-refractivity contribution is 7.09. The lowest BCUT2D eigenvalue weighted by Gasteiger charge is -2.04. The topological polar surface area (TPSA) is 63.8 Å². The maximum Gasteiger partial charge on any atom is 0.202 e. The summed E-state index contributed by atoms with van der Waals surface area (Å²) in [5, 5.41) is 3.92. The Balaban J connectivity index is 1.92. The second-order valence-corrected chi connectivity index (χ2v) is 5.23. The standard InChI is InChI=1S/C13H17FN4S/c1-9(15)6-7-16-13-17-12(18-19-13)8-10-4-2-3-5-11(10)14/h2-5,9H,6-8,15H2,1H3,(H,16,17,18). The molecule has 2 rings (SSSR count). The van der Waals surface area contributed by atoms with Crippen molar-refractivity contribution in [2.24, 2.45) is 5.73 Å². The fraction of sp³-hybridized carbons (Fsp3) is 0.385. The summed E-state index contributed by atoms with van der Waals surface area (Å²) in [5.41, 5.74) is 6.28. The van der Waals surface area contributed by atoms with Gasteiger partial charge < -0.3 is 11.1 Å². The smallest absolute Gasteiger partial charge is 0.202 e. The van der Waals surface area contributed by atoms with Crippen molar-refractivity contribution in [2.75, 3.05) is 11.9 Å². The third kappa shape index (κ3) is 4.25. The third-order valence-corrected chi connectivity index (χ3v) is 3.36. The SMILES string of the molecule is CC(N)CCNc1nc(Cc2ccccc2F)ns1. The van der Waals surface area contributed by atoms with Crippen LogP contribution in [0.3, 0.4) is 0 Å². The summed E-state index contributed by atoms with van der Waals surface area (Å²) < 4.78 is 17.7. The van der Waals surface area contributed by atoms with Gasteiger partial charge in [-0.25, -0.2) is 9.37 Å². The second kappa shape index (κ2) is 6.58. The van der Waals surface area contributed by atoms with Crippen molar-refractivity contribution in [2.45, 2.75) is 25.8 Å². The summed E-state index contributed by atoms with van der Waals surface area (Å²) in [6.07, 6.45) is 1.29. The Labute approximate surface area is 116 Å². The number of halogens is 1. The summed E-state index contributed by atoms with van der Waals surface area (Å²) in [5.74, 6) is 0.419. The highest BCUT2D eigenvalue weighted by atomic mass is 32.1. The molecule has 0 radical (unpaired) electrons. The Kier molecular flexibility index (Phi) is 4.81. The number of rotatable bonds is 6. The average Bonchev–Trinajstić information content (AvgIpc) is 2.79. The summed E-state index contributed by atoms with van der Waals surface area (Å²) in [7, 11) is 0. The van der Waals surface area contributed by atoms with Crippen molar-refractivity contribution in [1.82, 2.24) is 9.36 Å². The maximum absolute atomic E-state index is 13.5. The fourth-order valence-corrected chi connectivity index (χ4v) is 2.23. The number of aromatic nitrogens is 2. The first-order chi connectivity index (χ1) is 9.15. The predicted molar refractivity (Wildman–Crippen MR) is 75.9 cm³/mol. The van der Waals surface area contributed by atoms with Crippen molar-refractivity contribution >= 4 is 16.7 Å². The molecule has 1 atom stereocenters. The Morgan fingerprint density at radius 3 is 2.95 bits per heavy atom. The average molecular weight is 280 g/mol. The molecule has 4 nitrogen and oxygen atoms in total. The van der Waals surface area contributed by atoms with Crippen LogP contribution in [0.15, 0.2) is 24.3 Å². The zero-order chi connectivity index (χ0) is 13.7. The highest BCUT2D eigenvalue weighted by Gasteiger charge is 2.08. The summed E-state index contributed by atoms with van der Waals surface area (Å²) >= 11 is 1.29. The molecule has 1 unspecified atom stereocenters. The van der Waals surface area contributed by atoms with Crippen LogP contribution in [0, 0.1) is 5.82 Å². The molecule has 6 heteroatoms. The van der Waals surface area contributed by atoms with Crippen LogP contribution >= 0.6 is 11.5 Å². The van der Waals surface area contributed by atoms with Crippen molar-refractivity contribution < 1.29 is 4.39 Å². The molecule has 1 heterocycles. The van der Waals surface area contributed by atoms with Crippen LogP contribution in [0.4, 0.5) is 9.52 Å². The maximum atomic E-state index is 13.5. The van der Waals surface area contributed by atoms with Gasteiger partial charge in [-0.3, -0.25) is 0 Å². The molecule has 0 saturated heterocycles. The normalized spacial score (nSPS) is 12.4. The Morgan fingerprint density at radius 1 is 1.42 bits per heavy atom. The summed E-state index contributed by atoms with van der Waals surface area (Å²) in [6.45, 7) is 2.73. The van der Waals surface area contributed by atoms with Crippen LogP contribution in [-0.2, 0) is 6.42 Å². The van der Waals surface area contributed by atoms with E-state index in [0.29, 0.717) is 17.8 Å². The molecule has 0 saturated carbocycles. The van der Waals surface area contributed by atoms with Gasteiger partial charge in [-0.1, -0.05) is 18.2 Å². The largest absolute Gasteiger partial charge is 0.360 e. The van der Waals surface area contributed by atoms with E-state index in [1.54, 1.807) is 12.1 Å². The van der Waals surface area contributed by atoms with E-state index in [9.17, 15) is 4.39 Å². The van der Waals surface area contributed by atoms with Crippen LogP contribution < -0.4 is 11.1 Å². The number of nitrogens with zero attached hydrogens (tertiary/aromatic N) is 2. The Morgan fingerprint density at radius 2 is 2.21 bits per heavy atom. The van der Waals surface area contributed by atoms with Gasteiger partial charge in [-0.2, -0.15) is 4.37 Å². The van der Waals surface area contributed by atoms with E-state index in [1.165, 1.54) is 17.6 Å². The predicted octanol–water partition coefficient (Wildman–Crippen LogP) is 2.42. The number of hydrogen-bond acceptors (Lipinski definition) is 5. The van der Waals surface area contributed by atoms with E-state index < -0.39 is 0 Å².